The Morgan fingerprint density at radius 2 is 1.62 bits per heavy atom. The molecule has 6 nitrogen and oxygen atoms in total. The Bertz CT molecular complexity index is 897. The predicted octanol–water partition coefficient (Wildman–Crippen LogP) is 3.69. The van der Waals surface area contributed by atoms with Crippen molar-refractivity contribution in [3.8, 4) is 5.69 Å². The molecule has 3 aromatic rings. The van der Waals surface area contributed by atoms with Crippen molar-refractivity contribution in [3.63, 3.8) is 0 Å². The highest BCUT2D eigenvalue weighted by Gasteiger charge is 2.28. The molecular weight excluding hydrogens is 360 g/mol. The van der Waals surface area contributed by atoms with Crippen molar-refractivity contribution in [2.75, 3.05) is 13.6 Å². The lowest BCUT2D eigenvalue weighted by Crippen LogP contribution is -2.45. The smallest absolute Gasteiger partial charge is 0.191 e. The summed E-state index contributed by atoms with van der Waals surface area (Å²) >= 11 is 0. The van der Waals surface area contributed by atoms with E-state index in [4.69, 9.17) is 0 Å². The van der Waals surface area contributed by atoms with Crippen molar-refractivity contribution < 1.29 is 0 Å². The van der Waals surface area contributed by atoms with Gasteiger partial charge < -0.3 is 10.6 Å². The number of nitrogens with one attached hydrogen (secondary N) is 2. The number of rotatable bonds is 8. The van der Waals surface area contributed by atoms with Crippen LogP contribution in [0.15, 0.2) is 72.0 Å². The average Bonchev–Trinajstić information content (AvgIpc) is 3.26. The van der Waals surface area contributed by atoms with Gasteiger partial charge in [0.2, 0.25) is 0 Å². The van der Waals surface area contributed by atoms with Crippen molar-refractivity contribution in [1.29, 1.82) is 0 Å². The van der Waals surface area contributed by atoms with E-state index in [-0.39, 0.29) is 5.41 Å². The summed E-state index contributed by atoms with van der Waals surface area (Å²) in [5, 5.41) is 15.2. The number of aromatic nitrogens is 3. The zero-order valence-electron chi connectivity index (χ0n) is 17.5. The van der Waals surface area contributed by atoms with Gasteiger partial charge in [-0.3, -0.25) is 9.56 Å². The first-order valence-corrected chi connectivity index (χ1v) is 10.2. The fraction of sp³-hybridized carbons (Fsp3) is 0.348. The van der Waals surface area contributed by atoms with Crippen LogP contribution in [-0.2, 0) is 12.0 Å². The van der Waals surface area contributed by atoms with Crippen LogP contribution >= 0.6 is 0 Å². The molecule has 3 rings (SSSR count). The minimum atomic E-state index is 0.0724. The van der Waals surface area contributed by atoms with Gasteiger partial charge >= 0.3 is 0 Å². The average molecular weight is 391 g/mol. The molecule has 0 fully saturated rings. The molecule has 0 radical (unpaired) electrons. The number of aliphatic imine (C=N–C) groups is 1. The summed E-state index contributed by atoms with van der Waals surface area (Å²) < 4.78 is 1.98. The van der Waals surface area contributed by atoms with Gasteiger partial charge in [0.25, 0.3) is 0 Å². The summed E-state index contributed by atoms with van der Waals surface area (Å²) in [6.07, 6.45) is 3.84. The second-order valence-electron chi connectivity index (χ2n) is 7.09. The van der Waals surface area contributed by atoms with Crippen molar-refractivity contribution >= 4 is 5.96 Å². The van der Waals surface area contributed by atoms with Crippen LogP contribution in [-0.4, -0.2) is 34.3 Å². The summed E-state index contributed by atoms with van der Waals surface area (Å²) in [5.74, 6) is 1.59. The summed E-state index contributed by atoms with van der Waals surface area (Å²) in [4.78, 5) is 4.39. The van der Waals surface area contributed by atoms with E-state index in [0.29, 0.717) is 6.54 Å². The van der Waals surface area contributed by atoms with Crippen LogP contribution in [0.5, 0.6) is 0 Å². The van der Waals surface area contributed by atoms with E-state index in [1.807, 2.05) is 34.9 Å². The zero-order valence-corrected chi connectivity index (χ0v) is 17.5. The molecule has 2 aromatic carbocycles. The van der Waals surface area contributed by atoms with Gasteiger partial charge in [0.05, 0.1) is 6.54 Å². The van der Waals surface area contributed by atoms with Gasteiger partial charge in [-0.15, -0.1) is 10.2 Å². The molecule has 0 atom stereocenters. The van der Waals surface area contributed by atoms with Gasteiger partial charge in [-0.25, -0.2) is 0 Å². The molecule has 1 heterocycles. The van der Waals surface area contributed by atoms with Crippen molar-refractivity contribution in [2.24, 2.45) is 4.99 Å². The molecule has 152 valence electrons. The maximum Gasteiger partial charge on any atom is 0.191 e. The van der Waals surface area contributed by atoms with Crippen LogP contribution in [0, 0.1) is 0 Å². The number of guanidine groups is 1. The lowest BCUT2D eigenvalue weighted by Gasteiger charge is -2.33. The molecule has 6 heteroatoms. The summed E-state index contributed by atoms with van der Waals surface area (Å²) in [5.41, 5.74) is 2.47. The van der Waals surface area contributed by atoms with Crippen LogP contribution in [0.3, 0.4) is 0 Å². The highest BCUT2D eigenvalue weighted by atomic mass is 15.3. The second kappa shape index (κ2) is 9.87. The maximum atomic E-state index is 4.39. The third-order valence-electron chi connectivity index (χ3n) is 5.62. The first-order valence-electron chi connectivity index (χ1n) is 10.2. The summed E-state index contributed by atoms with van der Waals surface area (Å²) in [6.45, 7) is 5.84. The SMILES string of the molecule is CCC(CC)(CNC(=NC)NCc1nncn1-c1ccccc1)c1ccccc1. The van der Waals surface area contributed by atoms with Gasteiger partial charge in [0, 0.05) is 24.7 Å². The Morgan fingerprint density at radius 1 is 0.966 bits per heavy atom. The van der Waals surface area contributed by atoms with Crippen LogP contribution < -0.4 is 10.6 Å². The number of nitrogens with zero attached hydrogens (tertiary/aromatic N) is 4. The molecule has 0 spiro atoms. The van der Waals surface area contributed by atoms with Crippen molar-refractivity contribution in [1.82, 2.24) is 25.4 Å². The lowest BCUT2D eigenvalue weighted by atomic mass is 9.76. The van der Waals surface area contributed by atoms with Gasteiger partial charge in [-0.05, 0) is 30.5 Å². The molecule has 0 amide bonds. The first-order chi connectivity index (χ1) is 14.2. The van der Waals surface area contributed by atoms with Crippen LogP contribution in [0.2, 0.25) is 0 Å². The molecule has 29 heavy (non-hydrogen) atoms. The minimum Gasteiger partial charge on any atom is -0.356 e. The highest BCUT2D eigenvalue weighted by Crippen LogP contribution is 2.30. The molecule has 0 aliphatic heterocycles. The van der Waals surface area contributed by atoms with E-state index in [1.165, 1.54) is 5.56 Å². The van der Waals surface area contributed by atoms with Crippen LogP contribution in [0.25, 0.3) is 5.69 Å². The predicted molar refractivity (Wildman–Crippen MR) is 118 cm³/mol. The molecule has 0 aliphatic rings. The normalized spacial score (nSPS) is 12.0. The van der Waals surface area contributed by atoms with Crippen LogP contribution in [0.4, 0.5) is 0 Å². The number of hydrogen-bond acceptors (Lipinski definition) is 3. The van der Waals surface area contributed by atoms with E-state index in [2.05, 4.69) is 70.0 Å². The Kier molecular flexibility index (Phi) is 7.00. The molecule has 1 aromatic heterocycles. The monoisotopic (exact) mass is 390 g/mol. The number of benzene rings is 2. The largest absolute Gasteiger partial charge is 0.356 e. The Morgan fingerprint density at radius 3 is 2.24 bits per heavy atom. The molecule has 2 N–H and O–H groups in total. The lowest BCUT2D eigenvalue weighted by molar-refractivity contribution is 0.389. The number of hydrogen-bond donors (Lipinski definition) is 2. The van der Waals surface area contributed by atoms with Crippen LogP contribution in [0.1, 0.15) is 38.1 Å². The second-order valence-corrected chi connectivity index (χ2v) is 7.09. The van der Waals surface area contributed by atoms with E-state index < -0.39 is 0 Å². The fourth-order valence-electron chi connectivity index (χ4n) is 3.62. The van der Waals surface area contributed by atoms with Gasteiger partial charge in [0.1, 0.15) is 6.33 Å². The topological polar surface area (TPSA) is 67.1 Å². The van der Waals surface area contributed by atoms with Crippen molar-refractivity contribution in [2.45, 2.75) is 38.6 Å². The molecular formula is C23H30N6. The van der Waals surface area contributed by atoms with Crippen molar-refractivity contribution in [3.05, 3.63) is 78.4 Å². The standard InChI is InChI=1S/C23H30N6/c1-4-23(5-2,19-12-8-6-9-13-19)17-26-22(24-3)25-16-21-28-27-18-29(21)20-14-10-7-11-15-20/h6-15,18H,4-5,16-17H2,1-3H3,(H2,24,25,26). The first kappa shape index (κ1) is 20.6. The third-order valence-corrected chi connectivity index (χ3v) is 5.62. The Hall–Kier alpha value is -3.15. The van der Waals surface area contributed by atoms with E-state index in [0.717, 1.165) is 36.9 Å². The number of para-hydroxylation sites is 1. The van der Waals surface area contributed by atoms with E-state index >= 15 is 0 Å². The summed E-state index contributed by atoms with van der Waals surface area (Å²) in [6, 6.07) is 20.8. The van der Waals surface area contributed by atoms with Gasteiger partial charge in [-0.2, -0.15) is 0 Å². The Balaban J connectivity index is 1.65. The molecule has 0 saturated carbocycles. The molecule has 0 bridgehead atoms. The quantitative estimate of drug-likeness (QED) is 0.455. The maximum absolute atomic E-state index is 4.39. The van der Waals surface area contributed by atoms with E-state index in [9.17, 15) is 0 Å². The highest BCUT2D eigenvalue weighted by molar-refractivity contribution is 5.79. The molecule has 0 unspecified atom stereocenters. The molecule has 0 saturated heterocycles. The summed E-state index contributed by atoms with van der Waals surface area (Å²) in [7, 11) is 1.79. The van der Waals surface area contributed by atoms with Gasteiger partial charge in [0.15, 0.2) is 11.8 Å². The van der Waals surface area contributed by atoms with E-state index in [1.54, 1.807) is 13.4 Å². The fourth-order valence-corrected chi connectivity index (χ4v) is 3.62. The minimum absolute atomic E-state index is 0.0724. The molecule has 0 aliphatic carbocycles. The third kappa shape index (κ3) is 4.83. The van der Waals surface area contributed by atoms with Gasteiger partial charge in [-0.1, -0.05) is 62.4 Å². The zero-order chi connectivity index (χ0) is 20.5. The Labute approximate surface area is 173 Å².